The lowest BCUT2D eigenvalue weighted by atomic mass is 10.2. The second-order valence-electron chi connectivity index (χ2n) is 4.92. The van der Waals surface area contributed by atoms with E-state index in [2.05, 4.69) is 25.5 Å². The number of H-pyrrole nitrogens is 2. The van der Waals surface area contributed by atoms with E-state index in [9.17, 15) is 4.79 Å². The van der Waals surface area contributed by atoms with Gasteiger partial charge in [0.2, 0.25) is 5.95 Å². The van der Waals surface area contributed by atoms with Crippen molar-refractivity contribution in [2.45, 2.75) is 13.3 Å². The molecule has 3 rings (SSSR count). The van der Waals surface area contributed by atoms with Crippen LogP contribution in [0.25, 0.3) is 10.9 Å². The van der Waals surface area contributed by atoms with Gasteiger partial charge in [-0.1, -0.05) is 11.6 Å². The van der Waals surface area contributed by atoms with Crippen molar-refractivity contribution in [1.82, 2.24) is 25.5 Å². The highest BCUT2D eigenvalue weighted by atomic mass is 16.1. The van der Waals surface area contributed by atoms with Crippen LogP contribution in [0.1, 0.15) is 21.9 Å². The number of aryl methyl sites for hydroxylation is 1. The van der Waals surface area contributed by atoms with Crippen molar-refractivity contribution < 1.29 is 4.79 Å². The second-order valence-corrected chi connectivity index (χ2v) is 4.92. The van der Waals surface area contributed by atoms with Crippen LogP contribution < -0.4 is 11.1 Å². The van der Waals surface area contributed by atoms with E-state index in [1.165, 1.54) is 0 Å². The molecule has 5 N–H and O–H groups in total. The van der Waals surface area contributed by atoms with Crippen LogP contribution >= 0.6 is 0 Å². The summed E-state index contributed by atoms with van der Waals surface area (Å²) in [5.74, 6) is 0.721. The Balaban J connectivity index is 1.63. The van der Waals surface area contributed by atoms with E-state index in [4.69, 9.17) is 5.73 Å². The Morgan fingerprint density at radius 3 is 3.00 bits per heavy atom. The van der Waals surface area contributed by atoms with Crippen LogP contribution in [-0.2, 0) is 6.42 Å². The van der Waals surface area contributed by atoms with E-state index < -0.39 is 0 Å². The normalized spacial score (nSPS) is 10.9. The summed E-state index contributed by atoms with van der Waals surface area (Å²) in [6.45, 7) is 2.48. The number of hydrogen-bond acceptors (Lipinski definition) is 4. The molecule has 0 aliphatic rings. The molecule has 0 aliphatic heterocycles. The van der Waals surface area contributed by atoms with E-state index in [0.29, 0.717) is 24.5 Å². The molecule has 0 saturated carbocycles. The largest absolute Gasteiger partial charge is 0.367 e. The Morgan fingerprint density at radius 2 is 2.24 bits per heavy atom. The van der Waals surface area contributed by atoms with Crippen molar-refractivity contribution in [3.63, 3.8) is 0 Å². The molecule has 0 bridgehead atoms. The fourth-order valence-corrected chi connectivity index (χ4v) is 2.19. The Bertz CT molecular complexity index is 788. The maximum absolute atomic E-state index is 12.1. The average Bonchev–Trinajstić information content (AvgIpc) is 3.04. The quantitative estimate of drug-likeness (QED) is 0.575. The van der Waals surface area contributed by atoms with Crippen molar-refractivity contribution in [3.8, 4) is 0 Å². The van der Waals surface area contributed by atoms with Crippen molar-refractivity contribution in [3.05, 3.63) is 41.3 Å². The molecule has 0 spiro atoms. The molecule has 0 aliphatic carbocycles. The number of carbonyl (C=O) groups is 1. The number of aromatic amines is 2. The lowest BCUT2D eigenvalue weighted by Gasteiger charge is -2.01. The number of hydrogen-bond donors (Lipinski definition) is 4. The highest BCUT2D eigenvalue weighted by Crippen LogP contribution is 2.16. The van der Waals surface area contributed by atoms with Gasteiger partial charge in [0.1, 0.15) is 11.5 Å². The van der Waals surface area contributed by atoms with Crippen LogP contribution in [0.15, 0.2) is 24.3 Å². The molecule has 7 heteroatoms. The maximum atomic E-state index is 12.1. The predicted molar refractivity (Wildman–Crippen MR) is 79.9 cm³/mol. The molecule has 1 amide bonds. The van der Waals surface area contributed by atoms with Gasteiger partial charge in [0.05, 0.1) is 0 Å². The molecule has 1 aromatic carbocycles. The predicted octanol–water partition coefficient (Wildman–Crippen LogP) is 1.15. The van der Waals surface area contributed by atoms with Crippen LogP contribution in [-0.4, -0.2) is 32.6 Å². The summed E-state index contributed by atoms with van der Waals surface area (Å²) in [5, 5.41) is 10.3. The van der Waals surface area contributed by atoms with E-state index >= 15 is 0 Å². The average molecular weight is 284 g/mol. The smallest absolute Gasteiger partial charge is 0.267 e. The summed E-state index contributed by atoms with van der Waals surface area (Å²) in [4.78, 5) is 19.2. The summed E-state index contributed by atoms with van der Waals surface area (Å²) in [6, 6.07) is 7.87. The number of carbonyl (C=O) groups excluding carboxylic acids is 1. The molecule has 0 atom stereocenters. The standard InChI is InChI=1S/C14H16N6O/c1-8-2-3-10-9(6-8)7-11(17-10)13(21)16-5-4-12-18-14(15)20-19-12/h2-3,6-7,17H,4-5H2,1H3,(H,16,21)(H3,15,18,19,20). The molecule has 3 aromatic rings. The number of nitrogens with zero attached hydrogens (tertiary/aromatic N) is 2. The van der Waals surface area contributed by atoms with E-state index in [1.807, 2.05) is 31.2 Å². The van der Waals surface area contributed by atoms with Crippen molar-refractivity contribution in [2.24, 2.45) is 0 Å². The third-order valence-electron chi connectivity index (χ3n) is 3.22. The van der Waals surface area contributed by atoms with Gasteiger partial charge in [-0.3, -0.25) is 9.89 Å². The van der Waals surface area contributed by atoms with Gasteiger partial charge in [-0.05, 0) is 25.1 Å². The third kappa shape index (κ3) is 2.86. The van der Waals surface area contributed by atoms with Crippen molar-refractivity contribution in [2.75, 3.05) is 12.3 Å². The number of rotatable bonds is 4. The molecule has 2 aromatic heterocycles. The number of fused-ring (bicyclic) bond motifs is 1. The van der Waals surface area contributed by atoms with Crippen LogP contribution in [0.5, 0.6) is 0 Å². The van der Waals surface area contributed by atoms with Gasteiger partial charge >= 0.3 is 0 Å². The van der Waals surface area contributed by atoms with Crippen molar-refractivity contribution >= 4 is 22.8 Å². The first-order valence-electron chi connectivity index (χ1n) is 6.66. The Labute approximate surface area is 121 Å². The molecule has 21 heavy (non-hydrogen) atoms. The zero-order valence-corrected chi connectivity index (χ0v) is 11.6. The Hall–Kier alpha value is -2.83. The SMILES string of the molecule is Cc1ccc2[nH]c(C(=O)NCCc3nc(N)n[nH]3)cc2c1. The van der Waals surface area contributed by atoms with E-state index in [-0.39, 0.29) is 11.9 Å². The highest BCUT2D eigenvalue weighted by Gasteiger charge is 2.09. The number of aromatic nitrogens is 4. The molecular formula is C14H16N6O. The molecule has 0 radical (unpaired) electrons. The van der Waals surface area contributed by atoms with E-state index in [1.54, 1.807) is 0 Å². The van der Waals surface area contributed by atoms with Crippen LogP contribution in [0, 0.1) is 6.92 Å². The van der Waals surface area contributed by atoms with Gasteiger partial charge < -0.3 is 16.0 Å². The molecule has 2 heterocycles. The lowest BCUT2D eigenvalue weighted by Crippen LogP contribution is -2.26. The van der Waals surface area contributed by atoms with Crippen LogP contribution in [0.4, 0.5) is 5.95 Å². The number of amides is 1. The summed E-state index contributed by atoms with van der Waals surface area (Å²) in [6.07, 6.45) is 0.551. The second kappa shape index (κ2) is 5.28. The Kier molecular flexibility index (Phi) is 3.31. The number of nitrogen functional groups attached to an aromatic ring is 1. The number of nitrogens with one attached hydrogen (secondary N) is 3. The molecule has 0 saturated heterocycles. The molecular weight excluding hydrogens is 268 g/mol. The first-order chi connectivity index (χ1) is 10.1. The van der Waals surface area contributed by atoms with Crippen LogP contribution in [0.2, 0.25) is 0 Å². The van der Waals surface area contributed by atoms with Gasteiger partial charge in [-0.25, -0.2) is 0 Å². The number of benzene rings is 1. The van der Waals surface area contributed by atoms with Gasteiger partial charge in [0, 0.05) is 23.9 Å². The Morgan fingerprint density at radius 1 is 1.38 bits per heavy atom. The zero-order valence-electron chi connectivity index (χ0n) is 11.6. The lowest BCUT2D eigenvalue weighted by molar-refractivity contribution is 0.0950. The minimum absolute atomic E-state index is 0.142. The summed E-state index contributed by atoms with van der Waals surface area (Å²) < 4.78 is 0. The summed E-state index contributed by atoms with van der Waals surface area (Å²) in [5.41, 5.74) is 8.08. The van der Waals surface area contributed by atoms with Crippen LogP contribution in [0.3, 0.4) is 0 Å². The minimum Gasteiger partial charge on any atom is -0.367 e. The first kappa shape index (κ1) is 13.2. The third-order valence-corrected chi connectivity index (χ3v) is 3.22. The number of anilines is 1. The fraction of sp³-hybridized carbons (Fsp3) is 0.214. The van der Waals surface area contributed by atoms with Gasteiger partial charge in [0.15, 0.2) is 0 Å². The first-order valence-corrected chi connectivity index (χ1v) is 6.66. The van der Waals surface area contributed by atoms with Gasteiger partial charge in [-0.2, -0.15) is 4.98 Å². The maximum Gasteiger partial charge on any atom is 0.267 e. The fourth-order valence-electron chi connectivity index (χ4n) is 2.19. The topological polar surface area (TPSA) is 112 Å². The molecule has 0 unspecified atom stereocenters. The number of nitrogens with two attached hydrogens (primary N) is 1. The zero-order chi connectivity index (χ0) is 14.8. The summed E-state index contributed by atoms with van der Waals surface area (Å²) in [7, 11) is 0. The molecule has 7 nitrogen and oxygen atoms in total. The minimum atomic E-state index is -0.142. The van der Waals surface area contributed by atoms with Gasteiger partial charge in [-0.15, -0.1) is 5.10 Å². The highest BCUT2D eigenvalue weighted by molar-refractivity contribution is 5.98. The molecule has 108 valence electrons. The van der Waals surface area contributed by atoms with Gasteiger partial charge in [0.25, 0.3) is 5.91 Å². The van der Waals surface area contributed by atoms with Crippen molar-refractivity contribution in [1.29, 1.82) is 0 Å². The molecule has 0 fully saturated rings. The summed E-state index contributed by atoms with van der Waals surface area (Å²) >= 11 is 0. The monoisotopic (exact) mass is 284 g/mol. The van der Waals surface area contributed by atoms with E-state index in [0.717, 1.165) is 16.5 Å².